The molecule has 0 spiro atoms. The first-order valence-electron chi connectivity index (χ1n) is 9.46. The Hall–Kier alpha value is -2.55. The summed E-state index contributed by atoms with van der Waals surface area (Å²) >= 11 is 1.47. The highest BCUT2D eigenvalue weighted by molar-refractivity contribution is 7.09. The van der Waals surface area contributed by atoms with Gasteiger partial charge in [0.05, 0.1) is 13.3 Å². The van der Waals surface area contributed by atoms with Gasteiger partial charge >= 0.3 is 5.97 Å². The number of rotatable bonds is 5. The number of amides is 2. The van der Waals surface area contributed by atoms with Crippen LogP contribution in [0.4, 0.5) is 0 Å². The van der Waals surface area contributed by atoms with Gasteiger partial charge in [0.2, 0.25) is 5.91 Å². The fraction of sp³-hybridized carbons (Fsp3) is 0.526. The zero-order chi connectivity index (χ0) is 19.8. The smallest absolute Gasteiger partial charge is 0.316 e. The minimum Gasteiger partial charge on any atom is -0.481 e. The molecule has 150 valence electrons. The second-order valence-corrected chi connectivity index (χ2v) is 8.63. The summed E-state index contributed by atoms with van der Waals surface area (Å²) in [6, 6.07) is 3.81. The van der Waals surface area contributed by atoms with E-state index in [1.165, 1.54) is 11.3 Å². The van der Waals surface area contributed by atoms with Gasteiger partial charge in [-0.15, -0.1) is 11.3 Å². The van der Waals surface area contributed by atoms with E-state index in [4.69, 9.17) is 0 Å². The second-order valence-electron chi connectivity index (χ2n) is 7.60. The molecule has 1 aromatic heterocycles. The summed E-state index contributed by atoms with van der Waals surface area (Å²) in [5, 5.41) is 11.4. The van der Waals surface area contributed by atoms with Gasteiger partial charge in [-0.3, -0.25) is 14.4 Å². The number of carbonyl (C=O) groups excluding carboxylic acids is 2. The van der Waals surface area contributed by atoms with Crippen LogP contribution >= 0.6 is 11.3 Å². The molecule has 3 aliphatic rings. The molecular weight excluding hydrogens is 380 g/mol. The van der Waals surface area contributed by atoms with Crippen LogP contribution in [0, 0.1) is 5.92 Å². The number of nitrogens with zero attached hydrogens (tertiary/aromatic N) is 4. The lowest BCUT2D eigenvalue weighted by Gasteiger charge is -2.37. The summed E-state index contributed by atoms with van der Waals surface area (Å²) in [7, 11) is 1.95. The molecule has 0 unspecified atom stereocenters. The number of hydrogen-bond acceptors (Lipinski definition) is 6. The van der Waals surface area contributed by atoms with Gasteiger partial charge < -0.3 is 24.7 Å². The Morgan fingerprint density at radius 3 is 2.64 bits per heavy atom. The number of hydrogen-bond donors (Lipinski definition) is 1. The van der Waals surface area contributed by atoms with Crippen molar-refractivity contribution in [1.29, 1.82) is 0 Å². The number of thiophene rings is 1. The molecule has 0 saturated carbocycles. The highest BCUT2D eigenvalue weighted by Gasteiger charge is 2.41. The van der Waals surface area contributed by atoms with Crippen LogP contribution in [0.1, 0.15) is 17.7 Å². The van der Waals surface area contributed by atoms with Crippen molar-refractivity contribution in [2.75, 3.05) is 33.5 Å². The zero-order valence-electron chi connectivity index (χ0n) is 15.8. The summed E-state index contributed by atoms with van der Waals surface area (Å²) in [4.78, 5) is 45.6. The van der Waals surface area contributed by atoms with Crippen LogP contribution in [0.25, 0.3) is 0 Å². The maximum Gasteiger partial charge on any atom is 0.316 e. The van der Waals surface area contributed by atoms with E-state index in [1.807, 2.05) is 40.6 Å². The van der Waals surface area contributed by atoms with E-state index in [2.05, 4.69) is 4.90 Å². The topological polar surface area (TPSA) is 84.4 Å². The van der Waals surface area contributed by atoms with Crippen LogP contribution < -0.4 is 0 Å². The molecule has 2 saturated heterocycles. The lowest BCUT2D eigenvalue weighted by molar-refractivity contribution is -0.151. The molecule has 0 aromatic carbocycles. The molecule has 1 N–H and O–H groups in total. The molecule has 1 aromatic rings. The normalized spacial score (nSPS) is 21.2. The Labute approximate surface area is 167 Å². The Morgan fingerprint density at radius 2 is 2.04 bits per heavy atom. The number of fused-ring (bicyclic) bond motifs is 1. The molecule has 0 radical (unpaired) electrons. The molecule has 8 nitrogen and oxygen atoms in total. The van der Waals surface area contributed by atoms with Crippen LogP contribution in [0.15, 0.2) is 29.4 Å². The maximum atomic E-state index is 12.8. The van der Waals surface area contributed by atoms with Crippen molar-refractivity contribution in [3.05, 3.63) is 34.3 Å². The van der Waals surface area contributed by atoms with E-state index in [9.17, 15) is 19.5 Å². The van der Waals surface area contributed by atoms with Crippen molar-refractivity contribution in [3.8, 4) is 0 Å². The van der Waals surface area contributed by atoms with E-state index in [0.29, 0.717) is 32.6 Å². The minimum atomic E-state index is -1.08. The lowest BCUT2D eigenvalue weighted by Crippen LogP contribution is -2.50. The average Bonchev–Trinajstić information content (AvgIpc) is 3.38. The monoisotopic (exact) mass is 404 g/mol. The van der Waals surface area contributed by atoms with Gasteiger partial charge in [-0.25, -0.2) is 0 Å². The third kappa shape index (κ3) is 3.46. The fourth-order valence-corrected chi connectivity index (χ4v) is 4.95. The first-order valence-corrected chi connectivity index (χ1v) is 10.3. The lowest BCUT2D eigenvalue weighted by atomic mass is 9.98. The van der Waals surface area contributed by atoms with Gasteiger partial charge in [-0.2, -0.15) is 0 Å². The largest absolute Gasteiger partial charge is 0.481 e. The van der Waals surface area contributed by atoms with Crippen LogP contribution in [0.3, 0.4) is 0 Å². The molecule has 9 heteroatoms. The van der Waals surface area contributed by atoms with Gasteiger partial charge in [-0.05, 0) is 24.3 Å². The summed E-state index contributed by atoms with van der Waals surface area (Å²) in [5.41, 5.74) is 0.739. The molecule has 0 aliphatic carbocycles. The molecule has 2 fully saturated rings. The van der Waals surface area contributed by atoms with E-state index in [1.54, 1.807) is 4.90 Å². The van der Waals surface area contributed by atoms with E-state index >= 15 is 0 Å². The van der Waals surface area contributed by atoms with Gasteiger partial charge in [0.25, 0.3) is 5.91 Å². The molecule has 1 atom stereocenters. The molecule has 4 heterocycles. The molecule has 4 rings (SSSR count). The Morgan fingerprint density at radius 1 is 1.29 bits per heavy atom. The highest BCUT2D eigenvalue weighted by Crippen LogP contribution is 2.29. The first kappa shape index (κ1) is 18.8. The molecule has 2 amide bonds. The van der Waals surface area contributed by atoms with Gasteiger partial charge in [0, 0.05) is 43.7 Å². The van der Waals surface area contributed by atoms with Crippen molar-refractivity contribution in [2.24, 2.45) is 5.92 Å². The van der Waals surface area contributed by atoms with Crippen molar-refractivity contribution in [3.63, 3.8) is 0 Å². The quantitative estimate of drug-likeness (QED) is 0.732. The number of carboxylic acids is 1. The van der Waals surface area contributed by atoms with E-state index in [-0.39, 0.29) is 24.3 Å². The summed E-state index contributed by atoms with van der Waals surface area (Å²) < 4.78 is 0. The highest BCUT2D eigenvalue weighted by atomic mass is 32.1. The minimum absolute atomic E-state index is 0.0511. The van der Waals surface area contributed by atoms with Crippen molar-refractivity contribution < 1.29 is 19.5 Å². The Kier molecular flexibility index (Phi) is 5.01. The Balaban J connectivity index is 1.36. The van der Waals surface area contributed by atoms with Crippen LogP contribution in [-0.2, 0) is 20.8 Å². The Bertz CT molecular complexity index is 801. The van der Waals surface area contributed by atoms with Crippen LogP contribution in [0.2, 0.25) is 0 Å². The predicted molar refractivity (Wildman–Crippen MR) is 103 cm³/mol. The molecule has 0 bridgehead atoms. The zero-order valence-corrected chi connectivity index (χ0v) is 16.6. The van der Waals surface area contributed by atoms with Gasteiger partial charge in [-0.1, -0.05) is 6.07 Å². The van der Waals surface area contributed by atoms with Crippen molar-refractivity contribution in [2.45, 2.75) is 25.3 Å². The summed E-state index contributed by atoms with van der Waals surface area (Å²) in [5.74, 6) is -2.39. The van der Waals surface area contributed by atoms with Gasteiger partial charge in [0.15, 0.2) is 0 Å². The third-order valence-corrected chi connectivity index (χ3v) is 6.58. The predicted octanol–water partition coefficient (Wildman–Crippen LogP) is 0.828. The fourth-order valence-electron chi connectivity index (χ4n) is 4.19. The van der Waals surface area contributed by atoms with E-state index in [0.717, 1.165) is 17.2 Å². The molecule has 28 heavy (non-hydrogen) atoms. The van der Waals surface area contributed by atoms with Crippen molar-refractivity contribution in [1.82, 2.24) is 19.6 Å². The number of carbonyl (C=O) groups is 3. The second kappa shape index (κ2) is 7.46. The third-order valence-electron chi connectivity index (χ3n) is 5.68. The SMILES string of the molecule is CN1C=C2C(=O)N(C3CCN(C(=O)[C@@H](Cc4cccs4)C(=O)O)CC3)CN2C1. The van der Waals surface area contributed by atoms with Crippen LogP contribution in [-0.4, -0.2) is 82.0 Å². The number of aliphatic carboxylic acids is 1. The van der Waals surface area contributed by atoms with E-state index < -0.39 is 11.9 Å². The van der Waals surface area contributed by atoms with Gasteiger partial charge in [0.1, 0.15) is 11.6 Å². The van der Waals surface area contributed by atoms with Crippen LogP contribution in [0.5, 0.6) is 0 Å². The number of piperidine rings is 1. The number of likely N-dealkylation sites (tertiary alicyclic amines) is 1. The average molecular weight is 404 g/mol. The summed E-state index contributed by atoms with van der Waals surface area (Å²) in [6.07, 6.45) is 3.47. The molecular formula is C19H24N4O4S. The standard InChI is InChI=1S/C19H24N4O4S/c1-20-10-16-18(25)23(12-22(16)11-20)13-4-6-21(7-5-13)17(24)15(19(26)27)9-14-3-2-8-28-14/h2-3,8,10,13,15H,4-7,9,11-12H2,1H3,(H,26,27)/t15-/m1/s1. The molecule has 3 aliphatic heterocycles. The summed E-state index contributed by atoms with van der Waals surface area (Å²) in [6.45, 7) is 2.28. The number of carboxylic acid groups (broad SMARTS) is 1. The first-order chi connectivity index (χ1) is 13.4. The van der Waals surface area contributed by atoms with Crippen molar-refractivity contribution >= 4 is 29.1 Å². The maximum absolute atomic E-state index is 12.8.